The van der Waals surface area contributed by atoms with Crippen LogP contribution in [-0.4, -0.2) is 16.9 Å². The van der Waals surface area contributed by atoms with Gasteiger partial charge in [-0.05, 0) is 30.3 Å². The van der Waals surface area contributed by atoms with Gasteiger partial charge >= 0.3 is 5.97 Å². The molecular formula is C18H14N2O4. The molecule has 6 heteroatoms. The fourth-order valence-electron chi connectivity index (χ4n) is 2.29. The average Bonchev–Trinajstić information content (AvgIpc) is 2.55. The monoisotopic (exact) mass is 322 g/mol. The molecule has 3 aromatic rings. The largest absolute Gasteiger partial charge is 0.457 e. The Morgan fingerprint density at radius 2 is 1.79 bits per heavy atom. The van der Waals surface area contributed by atoms with Gasteiger partial charge in [-0.3, -0.25) is 9.59 Å². The smallest absolute Gasteiger partial charge is 0.308 e. The summed E-state index contributed by atoms with van der Waals surface area (Å²) in [6.45, 7) is 1.25. The second-order valence-corrected chi connectivity index (χ2v) is 5.06. The Hall–Kier alpha value is -3.41. The predicted octanol–water partition coefficient (Wildman–Crippen LogP) is 3.05. The Bertz CT molecular complexity index is 923. The molecule has 1 amide bonds. The molecule has 0 unspecified atom stereocenters. The lowest BCUT2D eigenvalue weighted by Crippen LogP contribution is -2.16. The maximum Gasteiger partial charge on any atom is 0.308 e. The van der Waals surface area contributed by atoms with E-state index in [1.165, 1.54) is 13.1 Å². The van der Waals surface area contributed by atoms with Crippen molar-refractivity contribution in [3.05, 3.63) is 60.4 Å². The summed E-state index contributed by atoms with van der Waals surface area (Å²) < 4.78 is 10.9. The number of ether oxygens (including phenoxy) is 2. The van der Waals surface area contributed by atoms with Crippen molar-refractivity contribution in [3.63, 3.8) is 0 Å². The van der Waals surface area contributed by atoms with Crippen LogP contribution in [0.25, 0.3) is 10.8 Å². The molecule has 0 saturated heterocycles. The Balaban J connectivity index is 2.06. The number of fused-ring (bicyclic) bond motifs is 1. The molecule has 0 saturated carbocycles. The van der Waals surface area contributed by atoms with Gasteiger partial charge in [0.1, 0.15) is 11.5 Å². The van der Waals surface area contributed by atoms with Gasteiger partial charge in [0.2, 0.25) is 0 Å². The number of amides is 1. The summed E-state index contributed by atoms with van der Waals surface area (Å²) in [7, 11) is 0. The summed E-state index contributed by atoms with van der Waals surface area (Å²) in [5.41, 5.74) is 5.21. The highest BCUT2D eigenvalue weighted by Crippen LogP contribution is 2.32. The Morgan fingerprint density at radius 1 is 1.04 bits per heavy atom. The number of carbonyl (C=O) groups excluding carboxylic acids is 2. The van der Waals surface area contributed by atoms with E-state index in [4.69, 9.17) is 15.2 Å². The van der Waals surface area contributed by atoms with Gasteiger partial charge in [0.05, 0.1) is 0 Å². The molecule has 0 aliphatic carbocycles. The molecule has 0 aliphatic heterocycles. The lowest BCUT2D eigenvalue weighted by atomic mass is 10.1. The molecule has 3 rings (SSSR count). The Kier molecular flexibility index (Phi) is 4.11. The molecule has 0 aliphatic rings. The minimum absolute atomic E-state index is 0.0544. The van der Waals surface area contributed by atoms with E-state index in [0.29, 0.717) is 22.3 Å². The first kappa shape index (κ1) is 15.5. The van der Waals surface area contributed by atoms with Crippen molar-refractivity contribution >= 4 is 22.6 Å². The molecule has 1 heterocycles. The van der Waals surface area contributed by atoms with Crippen LogP contribution in [0.2, 0.25) is 0 Å². The van der Waals surface area contributed by atoms with Gasteiger partial charge in [0, 0.05) is 23.9 Å². The van der Waals surface area contributed by atoms with Crippen LogP contribution in [0.3, 0.4) is 0 Å². The summed E-state index contributed by atoms with van der Waals surface area (Å²) >= 11 is 0. The lowest BCUT2D eigenvalue weighted by molar-refractivity contribution is -0.131. The number of aromatic nitrogens is 1. The molecule has 0 spiro atoms. The van der Waals surface area contributed by atoms with E-state index in [1.54, 1.807) is 18.2 Å². The van der Waals surface area contributed by atoms with Gasteiger partial charge in [-0.1, -0.05) is 18.2 Å². The standard InChI is InChI=1S/C18H14N2O4/c1-11(21)23-17-15-8-7-14(24-13-5-3-2-4-6-13)9-12(15)10-20-16(17)18(19)22/h2-10H,1H3,(H2,19,22). The number of carbonyl (C=O) groups is 2. The van der Waals surface area contributed by atoms with Gasteiger partial charge in [-0.2, -0.15) is 0 Å². The van der Waals surface area contributed by atoms with Crippen molar-refractivity contribution < 1.29 is 19.1 Å². The second-order valence-electron chi connectivity index (χ2n) is 5.06. The van der Waals surface area contributed by atoms with Crippen molar-refractivity contribution in [2.45, 2.75) is 6.92 Å². The van der Waals surface area contributed by atoms with Gasteiger partial charge in [0.25, 0.3) is 5.91 Å². The second kappa shape index (κ2) is 6.37. The fourth-order valence-corrected chi connectivity index (χ4v) is 2.29. The quantitative estimate of drug-likeness (QED) is 0.745. The summed E-state index contributed by atoms with van der Waals surface area (Å²) in [6, 6.07) is 14.5. The highest BCUT2D eigenvalue weighted by molar-refractivity contribution is 6.02. The van der Waals surface area contributed by atoms with Crippen LogP contribution in [0.15, 0.2) is 54.7 Å². The van der Waals surface area contributed by atoms with E-state index in [-0.39, 0.29) is 11.4 Å². The number of pyridine rings is 1. The zero-order valence-electron chi connectivity index (χ0n) is 12.9. The van der Waals surface area contributed by atoms with E-state index >= 15 is 0 Å². The van der Waals surface area contributed by atoms with Crippen LogP contribution in [0.5, 0.6) is 17.2 Å². The van der Waals surface area contributed by atoms with Crippen molar-refractivity contribution in [1.82, 2.24) is 4.98 Å². The third-order valence-corrected chi connectivity index (χ3v) is 3.27. The van der Waals surface area contributed by atoms with Crippen LogP contribution >= 0.6 is 0 Å². The lowest BCUT2D eigenvalue weighted by Gasteiger charge is -2.11. The van der Waals surface area contributed by atoms with E-state index < -0.39 is 11.9 Å². The van der Waals surface area contributed by atoms with Gasteiger partial charge < -0.3 is 15.2 Å². The molecule has 120 valence electrons. The van der Waals surface area contributed by atoms with Crippen LogP contribution < -0.4 is 15.2 Å². The number of nitrogens with two attached hydrogens (primary N) is 1. The minimum atomic E-state index is -0.766. The van der Waals surface area contributed by atoms with Crippen LogP contribution in [0, 0.1) is 0 Å². The maximum atomic E-state index is 11.5. The summed E-state index contributed by atoms with van der Waals surface area (Å²) in [5, 5.41) is 1.21. The first-order valence-electron chi connectivity index (χ1n) is 7.18. The maximum absolute atomic E-state index is 11.5. The fraction of sp³-hybridized carbons (Fsp3) is 0.0556. The Labute approximate surface area is 137 Å². The number of nitrogens with zero attached hydrogens (tertiary/aromatic N) is 1. The highest BCUT2D eigenvalue weighted by Gasteiger charge is 2.17. The Morgan fingerprint density at radius 3 is 2.46 bits per heavy atom. The number of rotatable bonds is 4. The van der Waals surface area contributed by atoms with Gasteiger partial charge in [-0.15, -0.1) is 0 Å². The number of benzene rings is 2. The van der Waals surface area contributed by atoms with Crippen LogP contribution in [0.4, 0.5) is 0 Å². The SMILES string of the molecule is CC(=O)Oc1c(C(N)=O)ncc2cc(Oc3ccccc3)ccc12. The number of para-hydroxylation sites is 1. The molecule has 1 aromatic heterocycles. The van der Waals surface area contributed by atoms with Crippen molar-refractivity contribution in [2.24, 2.45) is 5.73 Å². The first-order valence-corrected chi connectivity index (χ1v) is 7.18. The average molecular weight is 322 g/mol. The van der Waals surface area contributed by atoms with Crippen molar-refractivity contribution in [2.75, 3.05) is 0 Å². The topological polar surface area (TPSA) is 91.5 Å². The van der Waals surface area contributed by atoms with Crippen molar-refractivity contribution in [1.29, 1.82) is 0 Å². The molecule has 0 fully saturated rings. The highest BCUT2D eigenvalue weighted by atomic mass is 16.5. The number of primary amides is 1. The molecular weight excluding hydrogens is 308 g/mol. The molecule has 6 nitrogen and oxygen atoms in total. The van der Waals surface area contributed by atoms with Crippen LogP contribution in [-0.2, 0) is 4.79 Å². The normalized spacial score (nSPS) is 10.4. The zero-order valence-corrected chi connectivity index (χ0v) is 12.9. The molecule has 0 atom stereocenters. The van der Waals surface area contributed by atoms with E-state index in [0.717, 1.165) is 0 Å². The summed E-state index contributed by atoms with van der Waals surface area (Å²) in [5.74, 6) is 0.0165. The summed E-state index contributed by atoms with van der Waals surface area (Å²) in [4.78, 5) is 26.8. The minimum Gasteiger partial charge on any atom is -0.457 e. The number of hydrogen-bond acceptors (Lipinski definition) is 5. The first-order chi connectivity index (χ1) is 11.5. The molecule has 2 N–H and O–H groups in total. The molecule has 2 aromatic carbocycles. The third kappa shape index (κ3) is 3.17. The van der Waals surface area contributed by atoms with Crippen LogP contribution in [0.1, 0.15) is 17.4 Å². The summed E-state index contributed by atoms with van der Waals surface area (Å²) in [6.07, 6.45) is 1.49. The van der Waals surface area contributed by atoms with Gasteiger partial charge in [-0.25, -0.2) is 4.98 Å². The van der Waals surface area contributed by atoms with E-state index in [1.807, 2.05) is 30.3 Å². The predicted molar refractivity (Wildman–Crippen MR) is 88.1 cm³/mol. The van der Waals surface area contributed by atoms with E-state index in [2.05, 4.69) is 4.98 Å². The van der Waals surface area contributed by atoms with Gasteiger partial charge in [0.15, 0.2) is 11.4 Å². The number of esters is 1. The van der Waals surface area contributed by atoms with E-state index in [9.17, 15) is 9.59 Å². The number of hydrogen-bond donors (Lipinski definition) is 1. The molecule has 24 heavy (non-hydrogen) atoms. The molecule has 0 radical (unpaired) electrons. The van der Waals surface area contributed by atoms with Crippen molar-refractivity contribution in [3.8, 4) is 17.2 Å². The molecule has 0 bridgehead atoms. The third-order valence-electron chi connectivity index (χ3n) is 3.27. The zero-order chi connectivity index (χ0) is 17.1.